The zero-order valence-electron chi connectivity index (χ0n) is 13.3. The molecule has 0 amide bonds. The summed E-state index contributed by atoms with van der Waals surface area (Å²) in [6.45, 7) is 6.78. The Labute approximate surface area is 131 Å². The molecule has 0 aliphatic rings. The summed E-state index contributed by atoms with van der Waals surface area (Å²) in [5.41, 5.74) is 3.18. The molecule has 0 radical (unpaired) electrons. The summed E-state index contributed by atoms with van der Waals surface area (Å²) in [6.07, 6.45) is 0.209. The molecule has 0 heterocycles. The van der Waals surface area contributed by atoms with Crippen molar-refractivity contribution in [3.8, 4) is 5.75 Å². The fraction of sp³-hybridized carbons (Fsp3) is 0.316. The van der Waals surface area contributed by atoms with E-state index < -0.39 is 0 Å². The smallest absolute Gasteiger partial charge is 0.310 e. The minimum absolute atomic E-state index is 0.119. The van der Waals surface area contributed by atoms with E-state index in [1.54, 1.807) is 24.3 Å². The summed E-state index contributed by atoms with van der Waals surface area (Å²) in [5, 5.41) is 9.21. The van der Waals surface area contributed by atoms with E-state index in [9.17, 15) is 9.90 Å². The Morgan fingerprint density at radius 1 is 0.955 bits per heavy atom. The number of ether oxygens (including phenoxy) is 1. The first-order chi connectivity index (χ1) is 10.3. The summed E-state index contributed by atoms with van der Waals surface area (Å²) in [5.74, 6) is -0.0818. The van der Waals surface area contributed by atoms with Crippen molar-refractivity contribution in [2.24, 2.45) is 0 Å². The van der Waals surface area contributed by atoms with Crippen LogP contribution in [0, 0.1) is 0 Å². The molecule has 2 aromatic rings. The number of carbonyl (C=O) groups is 1. The van der Waals surface area contributed by atoms with Crippen LogP contribution in [-0.2, 0) is 28.0 Å². The fourth-order valence-corrected chi connectivity index (χ4v) is 2.10. The van der Waals surface area contributed by atoms with Crippen LogP contribution in [0.5, 0.6) is 5.75 Å². The maximum atomic E-state index is 11.8. The lowest BCUT2D eigenvalue weighted by Crippen LogP contribution is -2.11. The highest BCUT2D eigenvalue weighted by atomic mass is 16.5. The molecule has 0 atom stereocenters. The largest absolute Gasteiger partial charge is 0.508 e. The quantitative estimate of drug-likeness (QED) is 0.869. The predicted molar refractivity (Wildman–Crippen MR) is 86.7 cm³/mol. The number of benzene rings is 2. The number of carbonyl (C=O) groups excluding carboxylic acids is 1. The van der Waals surface area contributed by atoms with Gasteiger partial charge in [0.2, 0.25) is 0 Å². The molecule has 0 fully saturated rings. The lowest BCUT2D eigenvalue weighted by Gasteiger charge is -2.19. The van der Waals surface area contributed by atoms with Gasteiger partial charge in [-0.25, -0.2) is 0 Å². The number of phenols is 1. The number of rotatable bonds is 4. The Kier molecular flexibility index (Phi) is 4.86. The van der Waals surface area contributed by atoms with Crippen LogP contribution in [0.25, 0.3) is 0 Å². The van der Waals surface area contributed by atoms with E-state index in [2.05, 4.69) is 32.9 Å². The van der Waals surface area contributed by atoms with E-state index in [1.165, 1.54) is 5.56 Å². The second-order valence-corrected chi connectivity index (χ2v) is 6.45. The maximum absolute atomic E-state index is 11.8. The standard InChI is InChI=1S/C19H22O3/c1-19(2,3)16-8-4-15(5-9-16)13-22-18(21)12-14-6-10-17(20)11-7-14/h4-11,20H,12-13H2,1-3H3. The zero-order chi connectivity index (χ0) is 16.2. The van der Waals surface area contributed by atoms with Crippen LogP contribution in [-0.4, -0.2) is 11.1 Å². The number of aromatic hydroxyl groups is 1. The summed E-state index contributed by atoms with van der Waals surface area (Å²) in [4.78, 5) is 11.8. The molecule has 0 unspecified atom stereocenters. The predicted octanol–water partition coefficient (Wildman–Crippen LogP) is 3.98. The summed E-state index contributed by atoms with van der Waals surface area (Å²) in [6, 6.07) is 14.7. The van der Waals surface area contributed by atoms with Gasteiger partial charge in [0, 0.05) is 0 Å². The molecule has 0 aromatic heterocycles. The zero-order valence-corrected chi connectivity index (χ0v) is 13.3. The van der Waals surface area contributed by atoms with E-state index in [4.69, 9.17) is 4.74 Å². The average Bonchev–Trinajstić information content (AvgIpc) is 2.47. The van der Waals surface area contributed by atoms with Crippen molar-refractivity contribution in [3.05, 3.63) is 65.2 Å². The van der Waals surface area contributed by atoms with Gasteiger partial charge >= 0.3 is 5.97 Å². The molecule has 0 spiro atoms. The van der Waals surface area contributed by atoms with E-state index in [1.807, 2.05) is 12.1 Å². The first kappa shape index (κ1) is 16.1. The molecule has 2 aromatic carbocycles. The minimum atomic E-state index is -0.273. The highest BCUT2D eigenvalue weighted by Crippen LogP contribution is 2.22. The van der Waals surface area contributed by atoms with Crippen LogP contribution in [0.1, 0.15) is 37.5 Å². The molecule has 0 saturated heterocycles. The fourth-order valence-electron chi connectivity index (χ4n) is 2.10. The van der Waals surface area contributed by atoms with E-state index in [0.29, 0.717) is 0 Å². The molecule has 22 heavy (non-hydrogen) atoms. The molecule has 2 rings (SSSR count). The SMILES string of the molecule is CC(C)(C)c1ccc(COC(=O)Cc2ccc(O)cc2)cc1. The van der Waals surface area contributed by atoms with Crippen LogP contribution in [0.4, 0.5) is 0 Å². The van der Waals surface area contributed by atoms with E-state index in [0.717, 1.165) is 11.1 Å². The Morgan fingerprint density at radius 2 is 1.50 bits per heavy atom. The highest BCUT2D eigenvalue weighted by Gasteiger charge is 2.13. The van der Waals surface area contributed by atoms with Gasteiger partial charge < -0.3 is 9.84 Å². The Balaban J connectivity index is 1.87. The Morgan fingerprint density at radius 3 is 2.05 bits per heavy atom. The highest BCUT2D eigenvalue weighted by molar-refractivity contribution is 5.72. The summed E-state index contributed by atoms with van der Waals surface area (Å²) >= 11 is 0. The van der Waals surface area contributed by atoms with Crippen molar-refractivity contribution >= 4 is 5.97 Å². The Hall–Kier alpha value is -2.29. The molecule has 0 bridgehead atoms. The number of hydrogen-bond acceptors (Lipinski definition) is 3. The van der Waals surface area contributed by atoms with Gasteiger partial charge in [0.05, 0.1) is 6.42 Å². The number of hydrogen-bond donors (Lipinski definition) is 1. The third-order valence-electron chi connectivity index (χ3n) is 3.50. The van der Waals surface area contributed by atoms with Crippen LogP contribution in [0.2, 0.25) is 0 Å². The number of esters is 1. The van der Waals surface area contributed by atoms with Gasteiger partial charge in [-0.05, 0) is 34.2 Å². The Bertz CT molecular complexity index is 619. The van der Waals surface area contributed by atoms with Gasteiger partial charge in [-0.3, -0.25) is 4.79 Å². The lowest BCUT2D eigenvalue weighted by molar-refractivity contribution is -0.144. The first-order valence-electron chi connectivity index (χ1n) is 7.37. The van der Waals surface area contributed by atoms with Gasteiger partial charge in [0.25, 0.3) is 0 Å². The van der Waals surface area contributed by atoms with E-state index in [-0.39, 0.29) is 30.2 Å². The van der Waals surface area contributed by atoms with Gasteiger partial charge in [0.1, 0.15) is 12.4 Å². The molecular weight excluding hydrogens is 276 g/mol. The summed E-state index contributed by atoms with van der Waals surface area (Å²) in [7, 11) is 0. The van der Waals surface area contributed by atoms with Crippen LogP contribution < -0.4 is 0 Å². The molecule has 0 saturated carbocycles. The monoisotopic (exact) mass is 298 g/mol. The molecule has 1 N–H and O–H groups in total. The average molecular weight is 298 g/mol. The molecule has 116 valence electrons. The lowest BCUT2D eigenvalue weighted by atomic mass is 9.87. The van der Waals surface area contributed by atoms with Gasteiger partial charge in [-0.2, -0.15) is 0 Å². The van der Waals surface area contributed by atoms with Crippen molar-refractivity contribution in [1.29, 1.82) is 0 Å². The van der Waals surface area contributed by atoms with Crippen molar-refractivity contribution in [1.82, 2.24) is 0 Å². The second kappa shape index (κ2) is 6.65. The molecule has 3 nitrogen and oxygen atoms in total. The van der Waals surface area contributed by atoms with Gasteiger partial charge in [-0.1, -0.05) is 57.2 Å². The van der Waals surface area contributed by atoms with Crippen LogP contribution >= 0.6 is 0 Å². The topological polar surface area (TPSA) is 46.5 Å². The normalized spacial score (nSPS) is 11.2. The van der Waals surface area contributed by atoms with Gasteiger partial charge in [0.15, 0.2) is 0 Å². The van der Waals surface area contributed by atoms with Gasteiger partial charge in [-0.15, -0.1) is 0 Å². The van der Waals surface area contributed by atoms with Crippen molar-refractivity contribution < 1.29 is 14.6 Å². The molecule has 0 aliphatic heterocycles. The van der Waals surface area contributed by atoms with Crippen molar-refractivity contribution in [3.63, 3.8) is 0 Å². The van der Waals surface area contributed by atoms with Crippen molar-refractivity contribution in [2.45, 2.75) is 39.2 Å². The van der Waals surface area contributed by atoms with E-state index >= 15 is 0 Å². The maximum Gasteiger partial charge on any atom is 0.310 e. The molecule has 3 heteroatoms. The van der Waals surface area contributed by atoms with Crippen molar-refractivity contribution in [2.75, 3.05) is 0 Å². The summed E-state index contributed by atoms with van der Waals surface area (Å²) < 4.78 is 5.29. The van der Waals surface area contributed by atoms with Crippen LogP contribution in [0.3, 0.4) is 0 Å². The molecular formula is C19H22O3. The first-order valence-corrected chi connectivity index (χ1v) is 7.37. The third-order valence-corrected chi connectivity index (χ3v) is 3.50. The minimum Gasteiger partial charge on any atom is -0.508 e. The van der Waals surface area contributed by atoms with Crippen LogP contribution in [0.15, 0.2) is 48.5 Å². The number of phenolic OH excluding ortho intramolecular Hbond substituents is 1. The molecule has 0 aliphatic carbocycles. The second-order valence-electron chi connectivity index (χ2n) is 6.45. The third kappa shape index (κ3) is 4.62.